The van der Waals surface area contributed by atoms with Crippen molar-refractivity contribution in [3.05, 3.63) is 34.3 Å². The number of carbonyl (C=O) groups excluding carboxylic acids is 1. The van der Waals surface area contributed by atoms with Crippen LogP contribution in [0.4, 0.5) is 0 Å². The SMILES string of the molecule is O=C1Cc2cccc(Cl)c2CN1C1CC1. The molecule has 2 aliphatic rings. The molecule has 2 nitrogen and oxygen atoms in total. The second kappa shape index (κ2) is 3.24. The maximum Gasteiger partial charge on any atom is 0.227 e. The van der Waals surface area contributed by atoms with Crippen LogP contribution in [0.3, 0.4) is 0 Å². The number of hydrogen-bond acceptors (Lipinski definition) is 1. The van der Waals surface area contributed by atoms with Crippen LogP contribution in [0.2, 0.25) is 5.02 Å². The Morgan fingerprint density at radius 1 is 1.33 bits per heavy atom. The molecular formula is C12H12ClNO. The summed E-state index contributed by atoms with van der Waals surface area (Å²) in [5, 5.41) is 0.797. The molecule has 15 heavy (non-hydrogen) atoms. The largest absolute Gasteiger partial charge is 0.335 e. The Balaban J connectivity index is 1.99. The van der Waals surface area contributed by atoms with Gasteiger partial charge in [0.25, 0.3) is 0 Å². The van der Waals surface area contributed by atoms with E-state index in [1.807, 2.05) is 23.1 Å². The number of halogens is 1. The highest BCUT2D eigenvalue weighted by Gasteiger charge is 2.35. The zero-order valence-electron chi connectivity index (χ0n) is 8.37. The molecule has 3 heteroatoms. The van der Waals surface area contributed by atoms with Gasteiger partial charge in [0.1, 0.15) is 0 Å². The molecule has 1 aliphatic carbocycles. The van der Waals surface area contributed by atoms with Crippen molar-refractivity contribution in [2.45, 2.75) is 31.8 Å². The number of nitrogens with zero attached hydrogens (tertiary/aromatic N) is 1. The molecule has 0 radical (unpaired) electrons. The van der Waals surface area contributed by atoms with Crippen LogP contribution in [-0.2, 0) is 17.8 Å². The summed E-state index contributed by atoms with van der Waals surface area (Å²) in [4.78, 5) is 13.8. The minimum atomic E-state index is 0.257. The Kier molecular flexibility index (Phi) is 1.99. The van der Waals surface area contributed by atoms with Crippen molar-refractivity contribution >= 4 is 17.5 Å². The summed E-state index contributed by atoms with van der Waals surface area (Å²) in [5.74, 6) is 0.257. The Labute approximate surface area is 93.8 Å². The molecule has 1 aliphatic heterocycles. The van der Waals surface area contributed by atoms with Crippen LogP contribution < -0.4 is 0 Å². The maximum absolute atomic E-state index is 11.8. The van der Waals surface area contributed by atoms with E-state index < -0.39 is 0 Å². The summed E-state index contributed by atoms with van der Waals surface area (Å²) < 4.78 is 0. The van der Waals surface area contributed by atoms with Crippen LogP contribution in [-0.4, -0.2) is 16.8 Å². The highest BCUT2D eigenvalue weighted by molar-refractivity contribution is 6.31. The lowest BCUT2D eigenvalue weighted by Gasteiger charge is -2.29. The third-order valence-electron chi connectivity index (χ3n) is 3.19. The van der Waals surface area contributed by atoms with E-state index in [1.165, 1.54) is 0 Å². The van der Waals surface area contributed by atoms with Crippen LogP contribution >= 0.6 is 11.6 Å². The van der Waals surface area contributed by atoms with E-state index >= 15 is 0 Å². The molecule has 1 heterocycles. The summed E-state index contributed by atoms with van der Waals surface area (Å²) in [7, 11) is 0. The number of carbonyl (C=O) groups is 1. The van der Waals surface area contributed by atoms with Gasteiger partial charge < -0.3 is 4.90 Å². The van der Waals surface area contributed by atoms with Gasteiger partial charge in [0.2, 0.25) is 5.91 Å². The molecular weight excluding hydrogens is 210 g/mol. The maximum atomic E-state index is 11.8. The molecule has 78 valence electrons. The number of fused-ring (bicyclic) bond motifs is 1. The number of hydrogen-bond donors (Lipinski definition) is 0. The molecule has 3 rings (SSSR count). The second-order valence-electron chi connectivity index (χ2n) is 4.31. The lowest BCUT2D eigenvalue weighted by molar-refractivity contribution is -0.132. The van der Waals surface area contributed by atoms with Crippen LogP contribution in [0.1, 0.15) is 24.0 Å². The van der Waals surface area contributed by atoms with Crippen molar-refractivity contribution in [3.8, 4) is 0 Å². The predicted molar refractivity (Wildman–Crippen MR) is 58.7 cm³/mol. The highest BCUT2D eigenvalue weighted by atomic mass is 35.5. The normalized spacial score (nSPS) is 20.3. The van der Waals surface area contributed by atoms with E-state index in [0.29, 0.717) is 19.0 Å². The topological polar surface area (TPSA) is 20.3 Å². The minimum absolute atomic E-state index is 0.257. The van der Waals surface area contributed by atoms with Crippen LogP contribution in [0, 0.1) is 0 Å². The first-order valence-electron chi connectivity index (χ1n) is 5.31. The third-order valence-corrected chi connectivity index (χ3v) is 3.55. The smallest absolute Gasteiger partial charge is 0.227 e. The average molecular weight is 222 g/mol. The van der Waals surface area contributed by atoms with Crippen molar-refractivity contribution in [3.63, 3.8) is 0 Å². The Morgan fingerprint density at radius 3 is 2.87 bits per heavy atom. The monoisotopic (exact) mass is 221 g/mol. The van der Waals surface area contributed by atoms with Crippen LogP contribution in [0.5, 0.6) is 0 Å². The first-order chi connectivity index (χ1) is 7.25. The summed E-state index contributed by atoms with van der Waals surface area (Å²) in [5.41, 5.74) is 2.25. The van der Waals surface area contributed by atoms with Crippen molar-refractivity contribution < 1.29 is 4.79 Å². The van der Waals surface area contributed by atoms with E-state index in [1.54, 1.807) is 0 Å². The first-order valence-corrected chi connectivity index (χ1v) is 5.69. The second-order valence-corrected chi connectivity index (χ2v) is 4.71. The summed E-state index contributed by atoms with van der Waals surface area (Å²) >= 11 is 6.14. The molecule has 1 aromatic carbocycles. The van der Waals surface area contributed by atoms with Crippen LogP contribution in [0.15, 0.2) is 18.2 Å². The molecule has 0 bridgehead atoms. The van der Waals surface area contributed by atoms with E-state index in [4.69, 9.17) is 11.6 Å². The standard InChI is InChI=1S/C12H12ClNO/c13-11-3-1-2-8-6-12(15)14(7-10(8)11)9-4-5-9/h1-3,9H,4-7H2. The number of benzene rings is 1. The highest BCUT2D eigenvalue weighted by Crippen LogP contribution is 2.34. The Bertz CT molecular complexity index is 426. The number of amides is 1. The fraction of sp³-hybridized carbons (Fsp3) is 0.417. The molecule has 1 fully saturated rings. The zero-order chi connectivity index (χ0) is 10.4. The van der Waals surface area contributed by atoms with Gasteiger partial charge in [0, 0.05) is 17.6 Å². The fourth-order valence-corrected chi connectivity index (χ4v) is 2.44. The predicted octanol–water partition coefficient (Wildman–Crippen LogP) is 2.39. The van der Waals surface area contributed by atoms with Gasteiger partial charge in [-0.25, -0.2) is 0 Å². The van der Waals surface area contributed by atoms with Gasteiger partial charge in [-0.2, -0.15) is 0 Å². The lowest BCUT2D eigenvalue weighted by Crippen LogP contribution is -2.37. The van der Waals surface area contributed by atoms with Crippen molar-refractivity contribution in [2.75, 3.05) is 0 Å². The first kappa shape index (κ1) is 9.22. The van der Waals surface area contributed by atoms with Gasteiger partial charge in [0.15, 0.2) is 0 Å². The molecule has 0 unspecified atom stereocenters. The zero-order valence-corrected chi connectivity index (χ0v) is 9.13. The fourth-order valence-electron chi connectivity index (χ4n) is 2.19. The lowest BCUT2D eigenvalue weighted by atomic mass is 9.99. The van der Waals surface area contributed by atoms with Gasteiger partial charge in [0.05, 0.1) is 6.42 Å². The van der Waals surface area contributed by atoms with Crippen molar-refractivity contribution in [1.29, 1.82) is 0 Å². The van der Waals surface area contributed by atoms with Crippen molar-refractivity contribution in [2.24, 2.45) is 0 Å². The molecule has 0 N–H and O–H groups in total. The summed E-state index contributed by atoms with van der Waals surface area (Å²) in [6.45, 7) is 0.707. The van der Waals surface area contributed by atoms with E-state index in [0.717, 1.165) is 29.0 Å². The van der Waals surface area contributed by atoms with Gasteiger partial charge in [-0.3, -0.25) is 4.79 Å². The van der Waals surface area contributed by atoms with E-state index in [2.05, 4.69) is 0 Å². The van der Waals surface area contributed by atoms with Gasteiger partial charge in [-0.1, -0.05) is 23.7 Å². The molecule has 0 spiro atoms. The van der Waals surface area contributed by atoms with Gasteiger partial charge in [-0.05, 0) is 30.0 Å². The van der Waals surface area contributed by atoms with Crippen molar-refractivity contribution in [1.82, 2.24) is 4.90 Å². The summed E-state index contributed by atoms with van der Waals surface area (Å²) in [6.07, 6.45) is 2.84. The van der Waals surface area contributed by atoms with E-state index in [9.17, 15) is 4.79 Å². The Morgan fingerprint density at radius 2 is 2.13 bits per heavy atom. The van der Waals surface area contributed by atoms with E-state index in [-0.39, 0.29) is 5.91 Å². The Hall–Kier alpha value is -1.02. The molecule has 0 aromatic heterocycles. The molecule has 1 aromatic rings. The molecule has 0 saturated heterocycles. The molecule has 1 saturated carbocycles. The van der Waals surface area contributed by atoms with Gasteiger partial charge >= 0.3 is 0 Å². The third kappa shape index (κ3) is 1.53. The molecule has 0 atom stereocenters. The quantitative estimate of drug-likeness (QED) is 0.713. The minimum Gasteiger partial charge on any atom is -0.335 e. The van der Waals surface area contributed by atoms with Gasteiger partial charge in [-0.15, -0.1) is 0 Å². The van der Waals surface area contributed by atoms with Crippen LogP contribution in [0.25, 0.3) is 0 Å². The average Bonchev–Trinajstić information content (AvgIpc) is 3.01. The molecule has 1 amide bonds. The number of rotatable bonds is 1. The summed E-state index contributed by atoms with van der Waals surface area (Å²) in [6, 6.07) is 6.31.